The van der Waals surface area contributed by atoms with Gasteiger partial charge in [-0.05, 0) is 25.3 Å². The first-order valence-corrected chi connectivity index (χ1v) is 6.99. The Hall–Kier alpha value is -1.88. The second kappa shape index (κ2) is 4.90. The third-order valence-corrected chi connectivity index (χ3v) is 4.21. The maximum atomic E-state index is 11.9. The number of likely N-dealkylation sites (tertiary alicyclic amines) is 1. The third-order valence-electron chi connectivity index (χ3n) is 4.21. The van der Waals surface area contributed by atoms with Crippen LogP contribution in [0.5, 0.6) is 0 Å². The zero-order valence-corrected chi connectivity index (χ0v) is 11.6. The molecule has 0 aliphatic carbocycles. The van der Waals surface area contributed by atoms with E-state index in [0.29, 0.717) is 12.8 Å². The summed E-state index contributed by atoms with van der Waals surface area (Å²) < 4.78 is 0. The molecule has 106 valence electrons. The first-order valence-electron chi connectivity index (χ1n) is 6.99. The molecule has 1 aromatic carbocycles. The average Bonchev–Trinajstić information content (AvgIpc) is 2.67. The molecule has 5 nitrogen and oxygen atoms in total. The van der Waals surface area contributed by atoms with Crippen molar-refractivity contribution < 1.29 is 9.59 Å². The average molecular weight is 273 g/mol. The zero-order valence-electron chi connectivity index (χ0n) is 11.6. The van der Waals surface area contributed by atoms with Gasteiger partial charge in [-0.1, -0.05) is 29.8 Å². The summed E-state index contributed by atoms with van der Waals surface area (Å²) in [6.45, 7) is 4.63. The molecule has 0 atom stereocenters. The van der Waals surface area contributed by atoms with Gasteiger partial charge in [0.2, 0.25) is 0 Å². The van der Waals surface area contributed by atoms with Gasteiger partial charge in [-0.15, -0.1) is 0 Å². The monoisotopic (exact) mass is 273 g/mol. The van der Waals surface area contributed by atoms with Crippen LogP contribution in [0.25, 0.3) is 0 Å². The Morgan fingerprint density at radius 1 is 1.25 bits per heavy atom. The van der Waals surface area contributed by atoms with Crippen molar-refractivity contribution in [3.63, 3.8) is 0 Å². The summed E-state index contributed by atoms with van der Waals surface area (Å²) in [6, 6.07) is 8.12. The van der Waals surface area contributed by atoms with Gasteiger partial charge in [0.25, 0.3) is 5.91 Å². The van der Waals surface area contributed by atoms with Crippen LogP contribution in [-0.2, 0) is 11.3 Å². The molecule has 2 fully saturated rings. The number of hydrogen-bond acceptors (Lipinski definition) is 3. The van der Waals surface area contributed by atoms with Crippen LogP contribution in [0.1, 0.15) is 24.0 Å². The summed E-state index contributed by atoms with van der Waals surface area (Å²) >= 11 is 0. The highest BCUT2D eigenvalue weighted by Crippen LogP contribution is 2.26. The van der Waals surface area contributed by atoms with E-state index in [1.807, 2.05) is 0 Å². The van der Waals surface area contributed by atoms with Crippen LogP contribution in [0.2, 0.25) is 0 Å². The first-order chi connectivity index (χ1) is 9.57. The van der Waals surface area contributed by atoms with Crippen LogP contribution in [0.3, 0.4) is 0 Å². The number of hydrogen-bond donors (Lipinski definition) is 2. The van der Waals surface area contributed by atoms with Crippen LogP contribution in [-0.4, -0.2) is 35.5 Å². The van der Waals surface area contributed by atoms with Gasteiger partial charge in [-0.25, -0.2) is 4.79 Å². The number of imide groups is 1. The van der Waals surface area contributed by atoms with Gasteiger partial charge in [0.05, 0.1) is 0 Å². The van der Waals surface area contributed by atoms with Crippen LogP contribution in [0.15, 0.2) is 24.3 Å². The summed E-state index contributed by atoms with van der Waals surface area (Å²) in [6.07, 6.45) is 1.35. The number of benzene rings is 1. The summed E-state index contributed by atoms with van der Waals surface area (Å²) in [5, 5.41) is 5.13. The molecule has 0 unspecified atom stereocenters. The van der Waals surface area contributed by atoms with Gasteiger partial charge in [0.15, 0.2) is 0 Å². The molecule has 0 aromatic heterocycles. The van der Waals surface area contributed by atoms with Gasteiger partial charge in [-0.2, -0.15) is 0 Å². The van der Waals surface area contributed by atoms with Crippen molar-refractivity contribution in [3.8, 4) is 0 Å². The molecule has 3 rings (SSSR count). The summed E-state index contributed by atoms with van der Waals surface area (Å²) in [5.41, 5.74) is 1.89. The molecule has 1 spiro atoms. The minimum Gasteiger partial charge on any atom is -0.323 e. The minimum absolute atomic E-state index is 0.169. The molecule has 2 heterocycles. The number of nitrogens with one attached hydrogen (secondary N) is 2. The highest BCUT2D eigenvalue weighted by molar-refractivity contribution is 6.07. The fraction of sp³-hybridized carbons (Fsp3) is 0.467. The Morgan fingerprint density at radius 3 is 2.60 bits per heavy atom. The lowest BCUT2D eigenvalue weighted by Gasteiger charge is -2.37. The van der Waals surface area contributed by atoms with Gasteiger partial charge >= 0.3 is 6.03 Å². The van der Waals surface area contributed by atoms with Crippen LogP contribution in [0.4, 0.5) is 4.79 Å². The lowest BCUT2D eigenvalue weighted by atomic mass is 9.87. The number of carbonyl (C=O) groups is 2. The van der Waals surface area contributed by atoms with Crippen molar-refractivity contribution in [2.45, 2.75) is 31.8 Å². The molecule has 1 aromatic rings. The molecule has 3 amide bonds. The maximum Gasteiger partial charge on any atom is 0.322 e. The Balaban J connectivity index is 1.62. The van der Waals surface area contributed by atoms with Gasteiger partial charge in [0.1, 0.15) is 5.54 Å². The Labute approximate surface area is 118 Å². The molecule has 0 radical (unpaired) electrons. The van der Waals surface area contributed by atoms with Crippen molar-refractivity contribution in [1.29, 1.82) is 0 Å². The van der Waals surface area contributed by atoms with E-state index in [0.717, 1.165) is 19.6 Å². The largest absolute Gasteiger partial charge is 0.323 e. The molecule has 2 aliphatic rings. The molecule has 0 bridgehead atoms. The summed E-state index contributed by atoms with van der Waals surface area (Å²) in [7, 11) is 0. The SMILES string of the molecule is Cc1cccc(CN2CCC3(CC2)NC(=O)NC3=O)c1. The number of piperidine rings is 1. The van der Waals surface area contributed by atoms with Crippen LogP contribution >= 0.6 is 0 Å². The molecule has 2 N–H and O–H groups in total. The van der Waals surface area contributed by atoms with Crippen molar-refractivity contribution in [2.24, 2.45) is 0 Å². The van der Waals surface area contributed by atoms with Gasteiger partial charge in [-0.3, -0.25) is 15.0 Å². The summed E-state index contributed by atoms with van der Waals surface area (Å²) in [5.74, 6) is -0.169. The Morgan fingerprint density at radius 2 is 2.00 bits per heavy atom. The minimum atomic E-state index is -0.666. The number of aryl methyl sites for hydroxylation is 1. The van der Waals surface area contributed by atoms with Crippen LogP contribution in [0, 0.1) is 6.92 Å². The fourth-order valence-corrected chi connectivity index (χ4v) is 3.04. The number of urea groups is 1. The first kappa shape index (κ1) is 13.1. The molecular weight excluding hydrogens is 254 g/mol. The zero-order chi connectivity index (χ0) is 14.2. The topological polar surface area (TPSA) is 61.4 Å². The highest BCUT2D eigenvalue weighted by atomic mass is 16.2. The van der Waals surface area contributed by atoms with Crippen molar-refractivity contribution >= 4 is 11.9 Å². The number of nitrogens with zero attached hydrogens (tertiary/aromatic N) is 1. The predicted molar refractivity (Wildman–Crippen MR) is 75.1 cm³/mol. The van der Waals surface area contributed by atoms with E-state index < -0.39 is 5.54 Å². The standard InChI is InChI=1S/C15H19N3O2/c1-11-3-2-4-12(9-11)10-18-7-5-15(6-8-18)13(19)16-14(20)17-15/h2-4,9H,5-8,10H2,1H3,(H2,16,17,19,20). The Bertz CT molecular complexity index is 548. The van der Waals surface area contributed by atoms with Crippen molar-refractivity contribution in [2.75, 3.05) is 13.1 Å². The third kappa shape index (κ3) is 2.41. The molecule has 2 saturated heterocycles. The summed E-state index contributed by atoms with van der Waals surface area (Å²) in [4.78, 5) is 25.5. The lowest BCUT2D eigenvalue weighted by Crippen LogP contribution is -2.54. The fourth-order valence-electron chi connectivity index (χ4n) is 3.04. The van der Waals surface area contributed by atoms with E-state index in [-0.39, 0.29) is 11.9 Å². The number of rotatable bonds is 2. The normalized spacial score (nSPS) is 21.9. The van der Waals surface area contributed by atoms with E-state index in [1.54, 1.807) is 0 Å². The lowest BCUT2D eigenvalue weighted by molar-refractivity contribution is -0.125. The van der Waals surface area contributed by atoms with E-state index in [9.17, 15) is 9.59 Å². The molecule has 20 heavy (non-hydrogen) atoms. The van der Waals surface area contributed by atoms with Crippen LogP contribution < -0.4 is 10.6 Å². The molecule has 0 saturated carbocycles. The number of amides is 3. The van der Waals surface area contributed by atoms with Crippen molar-refractivity contribution in [1.82, 2.24) is 15.5 Å². The van der Waals surface area contributed by atoms with E-state index in [1.165, 1.54) is 11.1 Å². The second-order valence-corrected chi connectivity index (χ2v) is 5.76. The van der Waals surface area contributed by atoms with Gasteiger partial charge in [0, 0.05) is 19.6 Å². The molecular formula is C15H19N3O2. The quantitative estimate of drug-likeness (QED) is 0.795. The molecule has 2 aliphatic heterocycles. The predicted octanol–water partition coefficient (Wildman–Crippen LogP) is 1.17. The van der Waals surface area contributed by atoms with Gasteiger partial charge < -0.3 is 5.32 Å². The number of carbonyl (C=O) groups excluding carboxylic acids is 2. The van der Waals surface area contributed by atoms with Crippen molar-refractivity contribution in [3.05, 3.63) is 35.4 Å². The smallest absolute Gasteiger partial charge is 0.322 e. The second-order valence-electron chi connectivity index (χ2n) is 5.76. The maximum absolute atomic E-state index is 11.9. The van der Waals surface area contributed by atoms with E-state index >= 15 is 0 Å². The van der Waals surface area contributed by atoms with E-state index in [4.69, 9.17) is 0 Å². The Kier molecular flexibility index (Phi) is 3.22. The molecule has 5 heteroatoms. The highest BCUT2D eigenvalue weighted by Gasteiger charge is 2.47. The van der Waals surface area contributed by atoms with E-state index in [2.05, 4.69) is 46.7 Å².